The molecule has 0 aromatic heterocycles. The van der Waals surface area contributed by atoms with E-state index in [1.54, 1.807) is 30.3 Å². The Morgan fingerprint density at radius 1 is 0.909 bits per heavy atom. The van der Waals surface area contributed by atoms with Crippen LogP contribution < -0.4 is 0 Å². The summed E-state index contributed by atoms with van der Waals surface area (Å²) < 4.78 is 20.5. The Kier molecular flexibility index (Phi) is 7.84. The van der Waals surface area contributed by atoms with Crippen molar-refractivity contribution in [2.24, 2.45) is 0 Å². The average Bonchev–Trinajstić information content (AvgIpc) is 1.90. The van der Waals surface area contributed by atoms with Crippen LogP contribution in [-0.4, -0.2) is 8.42 Å². The highest BCUT2D eigenvalue weighted by molar-refractivity contribution is 7.72. The highest BCUT2D eigenvalue weighted by Gasteiger charge is 1.87. The van der Waals surface area contributed by atoms with Crippen LogP contribution in [0.2, 0.25) is 0 Å². The van der Waals surface area contributed by atoms with E-state index in [1.807, 2.05) is 0 Å². The highest BCUT2D eigenvalue weighted by Crippen LogP contribution is 1.97. The first-order chi connectivity index (χ1) is 4.30. The monoisotopic (exact) mass is 214 g/mol. The van der Waals surface area contributed by atoms with Gasteiger partial charge in [0.1, 0.15) is 0 Å². The van der Waals surface area contributed by atoms with Gasteiger partial charge in [-0.05, 0) is 12.1 Å². The van der Waals surface area contributed by atoms with Crippen LogP contribution in [0.15, 0.2) is 35.2 Å². The van der Waals surface area contributed by atoms with E-state index in [0.29, 0.717) is 4.90 Å². The lowest BCUT2D eigenvalue weighted by Gasteiger charge is -1.83. The molecule has 11 heavy (non-hydrogen) atoms. The zero-order valence-electron chi connectivity index (χ0n) is 5.47. The van der Waals surface area contributed by atoms with Crippen LogP contribution >= 0.6 is 24.8 Å². The molecular formula is C6H8Cl2O2S. The normalized spacial score (nSPS) is 8.09. The van der Waals surface area contributed by atoms with Crippen molar-refractivity contribution in [3.05, 3.63) is 30.3 Å². The van der Waals surface area contributed by atoms with Crippen LogP contribution in [0.4, 0.5) is 0 Å². The van der Waals surface area contributed by atoms with Crippen molar-refractivity contribution < 1.29 is 8.42 Å². The highest BCUT2D eigenvalue weighted by atomic mass is 35.5. The van der Waals surface area contributed by atoms with Crippen molar-refractivity contribution in [3.63, 3.8) is 0 Å². The molecule has 0 spiro atoms. The van der Waals surface area contributed by atoms with Gasteiger partial charge >= 0.3 is 0 Å². The molecule has 0 radical (unpaired) electrons. The molecule has 2 nitrogen and oxygen atoms in total. The van der Waals surface area contributed by atoms with Crippen molar-refractivity contribution >= 4 is 35.5 Å². The molecule has 1 rings (SSSR count). The predicted molar refractivity (Wildman–Crippen MR) is 49.5 cm³/mol. The fourth-order valence-electron chi connectivity index (χ4n) is 0.550. The van der Waals surface area contributed by atoms with Gasteiger partial charge in [0.15, 0.2) is 10.7 Å². The summed E-state index contributed by atoms with van der Waals surface area (Å²) in [7, 11) is -2.40. The molecule has 0 aliphatic carbocycles. The molecular weight excluding hydrogens is 207 g/mol. The first-order valence-corrected chi connectivity index (χ1v) is 3.68. The quantitative estimate of drug-likeness (QED) is 0.720. The van der Waals surface area contributed by atoms with Gasteiger partial charge in [0.25, 0.3) is 0 Å². The van der Waals surface area contributed by atoms with E-state index >= 15 is 0 Å². The summed E-state index contributed by atoms with van der Waals surface area (Å²) in [5, 5.41) is 0. The summed E-state index contributed by atoms with van der Waals surface area (Å²) in [4.78, 5) is 0.368. The molecule has 64 valence electrons. The summed E-state index contributed by atoms with van der Waals surface area (Å²) in [6.07, 6.45) is 0. The topological polar surface area (TPSA) is 34.1 Å². The van der Waals surface area contributed by atoms with Gasteiger partial charge in [-0.15, -0.1) is 24.8 Å². The predicted octanol–water partition coefficient (Wildman–Crippen LogP) is 1.50. The van der Waals surface area contributed by atoms with Gasteiger partial charge in [-0.2, -0.15) is 0 Å². The van der Waals surface area contributed by atoms with Crippen LogP contribution in [0, 0.1) is 0 Å². The molecule has 5 heteroatoms. The molecule has 1 aromatic carbocycles. The third-order valence-corrected chi connectivity index (χ3v) is 1.69. The standard InChI is InChI=1S/C6H6O2S.2ClH/c7-9(8)6-4-2-1-3-5-6;;/h1-5,9H;2*1H. The summed E-state index contributed by atoms with van der Waals surface area (Å²) >= 11 is 0. The number of rotatable bonds is 1. The Labute approximate surface area is 79.4 Å². The molecule has 0 unspecified atom stereocenters. The Hall–Kier alpha value is -0.250. The number of benzene rings is 1. The Morgan fingerprint density at radius 3 is 1.64 bits per heavy atom. The van der Waals surface area contributed by atoms with Crippen LogP contribution in [-0.2, 0) is 10.7 Å². The van der Waals surface area contributed by atoms with E-state index < -0.39 is 10.7 Å². The SMILES string of the molecule is Cl.Cl.O=[SH](=O)c1ccccc1. The summed E-state index contributed by atoms with van der Waals surface area (Å²) in [5.74, 6) is 0. The first kappa shape index (κ1) is 13.3. The number of thiol groups is 1. The van der Waals surface area contributed by atoms with E-state index in [0.717, 1.165) is 0 Å². The molecule has 0 bridgehead atoms. The van der Waals surface area contributed by atoms with Gasteiger partial charge in [-0.3, -0.25) is 0 Å². The third kappa shape index (κ3) is 4.24. The molecule has 0 saturated carbocycles. The number of hydrogen-bond acceptors (Lipinski definition) is 2. The van der Waals surface area contributed by atoms with Crippen molar-refractivity contribution in [2.45, 2.75) is 4.90 Å². The first-order valence-electron chi connectivity index (χ1n) is 2.50. The van der Waals surface area contributed by atoms with Gasteiger partial charge in [-0.1, -0.05) is 18.2 Å². The lowest BCUT2D eigenvalue weighted by atomic mass is 10.4. The van der Waals surface area contributed by atoms with Crippen molar-refractivity contribution in [3.8, 4) is 0 Å². The van der Waals surface area contributed by atoms with Gasteiger partial charge in [0, 0.05) is 0 Å². The summed E-state index contributed by atoms with van der Waals surface area (Å²) in [6.45, 7) is 0. The van der Waals surface area contributed by atoms with Gasteiger partial charge in [0.2, 0.25) is 0 Å². The molecule has 1 aromatic rings. The minimum absolute atomic E-state index is 0. The Balaban J connectivity index is 0. The van der Waals surface area contributed by atoms with E-state index in [-0.39, 0.29) is 24.8 Å². The molecule has 0 N–H and O–H groups in total. The molecule has 0 atom stereocenters. The van der Waals surface area contributed by atoms with E-state index in [2.05, 4.69) is 0 Å². The molecule has 0 fully saturated rings. The molecule has 0 aliphatic rings. The minimum atomic E-state index is -2.40. The van der Waals surface area contributed by atoms with E-state index in [1.165, 1.54) is 0 Å². The Bertz CT molecular complexity index is 251. The molecule has 0 saturated heterocycles. The summed E-state index contributed by atoms with van der Waals surface area (Å²) in [5.41, 5.74) is 0. The van der Waals surface area contributed by atoms with E-state index in [9.17, 15) is 8.42 Å². The number of hydrogen-bond donors (Lipinski definition) is 1. The Morgan fingerprint density at radius 2 is 1.36 bits per heavy atom. The molecule has 0 aliphatic heterocycles. The maximum absolute atomic E-state index is 10.2. The smallest absolute Gasteiger partial charge is 0.168 e. The van der Waals surface area contributed by atoms with Crippen molar-refractivity contribution in [1.82, 2.24) is 0 Å². The van der Waals surface area contributed by atoms with Crippen LogP contribution in [0.3, 0.4) is 0 Å². The molecule has 0 heterocycles. The van der Waals surface area contributed by atoms with Crippen LogP contribution in [0.25, 0.3) is 0 Å². The van der Waals surface area contributed by atoms with Gasteiger partial charge in [-0.25, -0.2) is 8.42 Å². The van der Waals surface area contributed by atoms with Gasteiger partial charge in [0.05, 0.1) is 4.90 Å². The fraction of sp³-hybridized carbons (Fsp3) is 0. The minimum Gasteiger partial charge on any atom is -0.227 e. The second-order valence-electron chi connectivity index (χ2n) is 1.59. The van der Waals surface area contributed by atoms with Crippen LogP contribution in [0.1, 0.15) is 0 Å². The largest absolute Gasteiger partial charge is 0.227 e. The zero-order valence-corrected chi connectivity index (χ0v) is 7.99. The maximum Gasteiger partial charge on any atom is 0.168 e. The fourth-order valence-corrected chi connectivity index (χ4v) is 0.965. The van der Waals surface area contributed by atoms with Gasteiger partial charge < -0.3 is 0 Å². The second kappa shape index (κ2) is 6.46. The lowest BCUT2D eigenvalue weighted by molar-refractivity contribution is 0.614. The van der Waals surface area contributed by atoms with E-state index in [4.69, 9.17) is 0 Å². The average molecular weight is 215 g/mol. The third-order valence-electron chi connectivity index (χ3n) is 0.967. The summed E-state index contributed by atoms with van der Waals surface area (Å²) in [6, 6.07) is 8.29. The van der Waals surface area contributed by atoms with Crippen LogP contribution in [0.5, 0.6) is 0 Å². The van der Waals surface area contributed by atoms with Crippen molar-refractivity contribution in [1.29, 1.82) is 0 Å². The number of halogens is 2. The maximum atomic E-state index is 10.2. The second-order valence-corrected chi connectivity index (χ2v) is 2.62. The zero-order chi connectivity index (χ0) is 6.69. The van der Waals surface area contributed by atoms with Crippen molar-refractivity contribution in [2.75, 3.05) is 0 Å². The molecule has 0 amide bonds. The lowest BCUT2D eigenvalue weighted by Crippen LogP contribution is -1.75.